The van der Waals surface area contributed by atoms with Gasteiger partial charge in [0.05, 0.1) is 6.04 Å². The molecule has 1 saturated carbocycles. The molecule has 4 aliphatic rings. The van der Waals surface area contributed by atoms with Crippen LogP contribution in [0.1, 0.15) is 44.1 Å². The number of rotatable bonds is 7. The van der Waals surface area contributed by atoms with Gasteiger partial charge in [0.2, 0.25) is 5.91 Å². The Labute approximate surface area is 215 Å². The molecule has 6 nitrogen and oxygen atoms in total. The number of fused-ring (bicyclic) bond motifs is 1. The first-order chi connectivity index (χ1) is 17.9. The van der Waals surface area contributed by atoms with Crippen LogP contribution in [0.25, 0.3) is 6.08 Å². The van der Waals surface area contributed by atoms with E-state index in [1.54, 1.807) is 0 Å². The van der Waals surface area contributed by atoms with E-state index in [9.17, 15) is 23.5 Å². The molecular formula is C29H33F2N3O3. The average Bonchev–Trinajstić information content (AvgIpc) is 3.50. The third-order valence-electron chi connectivity index (χ3n) is 8.13. The van der Waals surface area contributed by atoms with E-state index in [0.29, 0.717) is 24.8 Å². The number of nitrogens with one attached hydrogen (secondary N) is 2. The third-order valence-corrected chi connectivity index (χ3v) is 8.13. The molecule has 0 radical (unpaired) electrons. The molecular weight excluding hydrogens is 476 g/mol. The zero-order chi connectivity index (χ0) is 25.9. The van der Waals surface area contributed by atoms with Crippen molar-refractivity contribution in [1.29, 1.82) is 0 Å². The zero-order valence-electron chi connectivity index (χ0n) is 20.7. The predicted octanol–water partition coefficient (Wildman–Crippen LogP) is 4.17. The smallest absolute Gasteiger partial charge is 0.321 e. The lowest BCUT2D eigenvalue weighted by Gasteiger charge is -2.38. The molecule has 2 aliphatic carbocycles. The monoisotopic (exact) mass is 509 g/mol. The molecule has 2 aliphatic heterocycles. The molecule has 8 heteroatoms. The van der Waals surface area contributed by atoms with Gasteiger partial charge in [-0.2, -0.15) is 0 Å². The quantitative estimate of drug-likeness (QED) is 0.481. The van der Waals surface area contributed by atoms with E-state index < -0.39 is 23.6 Å². The number of benzene rings is 1. The Morgan fingerprint density at radius 2 is 1.84 bits per heavy atom. The van der Waals surface area contributed by atoms with Crippen LogP contribution in [0.15, 0.2) is 59.8 Å². The SMILES string of the molecule is O=C(/C=C/c1cc(F)cc(F)c1)N[C@H]1CC[C@@H]([C@H](C(=O)O)N2CCC(C3=CNC4CC=CC=C34)CC2)C1. The summed E-state index contributed by atoms with van der Waals surface area (Å²) in [6, 6.07) is 2.78. The average molecular weight is 510 g/mol. The molecule has 1 saturated heterocycles. The minimum atomic E-state index is -0.801. The molecule has 1 amide bonds. The van der Waals surface area contributed by atoms with Gasteiger partial charge in [-0.25, -0.2) is 8.78 Å². The van der Waals surface area contributed by atoms with Gasteiger partial charge in [0.15, 0.2) is 0 Å². The number of aliphatic carboxylic acids is 1. The normalized spacial score (nSPS) is 26.9. The number of carboxylic acids is 1. The molecule has 196 valence electrons. The van der Waals surface area contributed by atoms with Crippen molar-refractivity contribution in [3.05, 3.63) is 77.0 Å². The maximum absolute atomic E-state index is 13.3. The van der Waals surface area contributed by atoms with Crippen LogP contribution in [-0.2, 0) is 9.59 Å². The highest BCUT2D eigenvalue weighted by Gasteiger charge is 2.41. The molecule has 4 atom stereocenters. The number of hydrogen-bond acceptors (Lipinski definition) is 4. The van der Waals surface area contributed by atoms with Gasteiger partial charge in [0, 0.05) is 24.4 Å². The summed E-state index contributed by atoms with van der Waals surface area (Å²) in [6.07, 6.45) is 16.2. The highest BCUT2D eigenvalue weighted by Crippen LogP contribution is 2.38. The van der Waals surface area contributed by atoms with Crippen molar-refractivity contribution in [2.45, 2.75) is 56.7 Å². The fourth-order valence-corrected chi connectivity index (χ4v) is 6.38. The van der Waals surface area contributed by atoms with Crippen molar-refractivity contribution in [2.75, 3.05) is 13.1 Å². The number of likely N-dealkylation sites (tertiary alicyclic amines) is 1. The molecule has 1 aromatic rings. The molecule has 37 heavy (non-hydrogen) atoms. The summed E-state index contributed by atoms with van der Waals surface area (Å²) in [5.41, 5.74) is 3.02. The van der Waals surface area contributed by atoms with Crippen LogP contribution < -0.4 is 10.6 Å². The van der Waals surface area contributed by atoms with E-state index in [-0.39, 0.29) is 23.4 Å². The van der Waals surface area contributed by atoms with E-state index in [1.165, 1.54) is 23.3 Å². The fourth-order valence-electron chi connectivity index (χ4n) is 6.38. The molecule has 2 fully saturated rings. The second-order valence-corrected chi connectivity index (χ2v) is 10.5. The van der Waals surface area contributed by atoms with Crippen LogP contribution in [0, 0.1) is 23.5 Å². The Morgan fingerprint density at radius 3 is 2.57 bits per heavy atom. The minimum absolute atomic E-state index is 0.0384. The number of carbonyl (C=O) groups excluding carboxylic acids is 1. The Balaban J connectivity index is 1.14. The zero-order valence-corrected chi connectivity index (χ0v) is 20.7. The topological polar surface area (TPSA) is 81.7 Å². The van der Waals surface area contributed by atoms with Gasteiger partial charge >= 0.3 is 5.97 Å². The number of amides is 1. The second-order valence-electron chi connectivity index (χ2n) is 10.5. The van der Waals surface area contributed by atoms with Gasteiger partial charge < -0.3 is 15.7 Å². The Bertz CT molecular complexity index is 1150. The largest absolute Gasteiger partial charge is 0.480 e. The molecule has 5 rings (SSSR count). The van der Waals surface area contributed by atoms with Crippen LogP contribution in [0.3, 0.4) is 0 Å². The van der Waals surface area contributed by atoms with E-state index >= 15 is 0 Å². The molecule has 3 N–H and O–H groups in total. The summed E-state index contributed by atoms with van der Waals surface area (Å²) in [6.45, 7) is 1.49. The van der Waals surface area contributed by atoms with Gasteiger partial charge in [-0.1, -0.05) is 18.2 Å². The summed E-state index contributed by atoms with van der Waals surface area (Å²) >= 11 is 0. The number of allylic oxidation sites excluding steroid dienone is 2. The summed E-state index contributed by atoms with van der Waals surface area (Å²) in [7, 11) is 0. The summed E-state index contributed by atoms with van der Waals surface area (Å²) < 4.78 is 26.7. The first-order valence-corrected chi connectivity index (χ1v) is 13.1. The lowest BCUT2D eigenvalue weighted by Crippen LogP contribution is -2.49. The van der Waals surface area contributed by atoms with Crippen LogP contribution in [0.4, 0.5) is 8.78 Å². The molecule has 1 aromatic carbocycles. The molecule has 0 aromatic heterocycles. The van der Waals surface area contributed by atoms with E-state index in [2.05, 4.69) is 40.0 Å². The van der Waals surface area contributed by atoms with Crippen molar-refractivity contribution < 1.29 is 23.5 Å². The van der Waals surface area contributed by atoms with Crippen LogP contribution in [0.2, 0.25) is 0 Å². The Hall–Kier alpha value is -3.26. The van der Waals surface area contributed by atoms with Crippen molar-refractivity contribution in [1.82, 2.24) is 15.5 Å². The lowest BCUT2D eigenvalue weighted by atomic mass is 9.82. The van der Waals surface area contributed by atoms with Crippen molar-refractivity contribution >= 4 is 18.0 Å². The minimum Gasteiger partial charge on any atom is -0.480 e. The fraction of sp³-hybridized carbons (Fsp3) is 0.448. The van der Waals surface area contributed by atoms with Gasteiger partial charge in [0.25, 0.3) is 0 Å². The summed E-state index contributed by atoms with van der Waals surface area (Å²) in [4.78, 5) is 26.8. The first-order valence-electron chi connectivity index (χ1n) is 13.1. The number of hydrogen-bond donors (Lipinski definition) is 3. The van der Waals surface area contributed by atoms with Gasteiger partial charge in [-0.05, 0) is 98.4 Å². The predicted molar refractivity (Wildman–Crippen MR) is 137 cm³/mol. The van der Waals surface area contributed by atoms with Gasteiger partial charge in [-0.3, -0.25) is 14.5 Å². The highest BCUT2D eigenvalue weighted by molar-refractivity contribution is 5.91. The molecule has 0 bridgehead atoms. The second kappa shape index (κ2) is 11.0. The Morgan fingerprint density at radius 1 is 1.08 bits per heavy atom. The molecule has 0 spiro atoms. The van der Waals surface area contributed by atoms with Crippen molar-refractivity contribution in [3.8, 4) is 0 Å². The number of nitrogens with zero attached hydrogens (tertiary/aromatic N) is 1. The number of carbonyl (C=O) groups is 2. The van der Waals surface area contributed by atoms with Crippen molar-refractivity contribution in [2.24, 2.45) is 11.8 Å². The van der Waals surface area contributed by atoms with E-state index in [0.717, 1.165) is 57.0 Å². The highest BCUT2D eigenvalue weighted by atomic mass is 19.1. The number of halogens is 2. The first kappa shape index (κ1) is 25.4. The van der Waals surface area contributed by atoms with Crippen LogP contribution >= 0.6 is 0 Å². The summed E-state index contributed by atoms with van der Waals surface area (Å²) in [5, 5.41) is 16.5. The number of piperidine rings is 1. The van der Waals surface area contributed by atoms with E-state index in [1.807, 2.05) is 0 Å². The van der Waals surface area contributed by atoms with Crippen molar-refractivity contribution in [3.63, 3.8) is 0 Å². The number of carboxylic acid groups (broad SMARTS) is 1. The van der Waals surface area contributed by atoms with Crippen LogP contribution in [0.5, 0.6) is 0 Å². The maximum atomic E-state index is 13.3. The Kier molecular flexibility index (Phi) is 7.55. The van der Waals surface area contributed by atoms with E-state index in [4.69, 9.17) is 0 Å². The molecule has 1 unspecified atom stereocenters. The summed E-state index contributed by atoms with van der Waals surface area (Å²) in [5.74, 6) is -2.16. The van der Waals surface area contributed by atoms with Gasteiger partial charge in [0.1, 0.15) is 17.7 Å². The third kappa shape index (κ3) is 5.85. The lowest BCUT2D eigenvalue weighted by molar-refractivity contribution is -0.146. The van der Waals surface area contributed by atoms with Crippen LogP contribution in [-0.4, -0.2) is 53.1 Å². The van der Waals surface area contributed by atoms with Gasteiger partial charge in [-0.15, -0.1) is 0 Å². The maximum Gasteiger partial charge on any atom is 0.321 e. The molecule has 2 heterocycles. The standard InChI is InChI=1S/C29H33F2N3O3/c30-21-13-18(14-22(31)16-21)5-8-27(35)33-23-7-6-20(15-23)28(29(36)37)34-11-9-19(10-12-34)25-17-32-26-4-2-1-3-24(25)26/h1-3,5,8,13-14,16-17,19-20,23,26,28,32H,4,6-7,9-12,15H2,(H,33,35)(H,36,37)/b8-5+/t20-,23+,26?,28-/m1/s1.